The van der Waals surface area contributed by atoms with Gasteiger partial charge < -0.3 is 20.8 Å². The van der Waals surface area contributed by atoms with Gasteiger partial charge in [-0.3, -0.25) is 0 Å². The molecule has 1 atom stereocenters. The summed E-state index contributed by atoms with van der Waals surface area (Å²) in [6.45, 7) is 5.78. The molecule has 1 amide bonds. The van der Waals surface area contributed by atoms with Crippen LogP contribution < -0.4 is 10.6 Å². The molecule has 1 unspecified atom stereocenters. The Hall–Kier alpha value is -3.04. The number of thiazole rings is 1. The topological polar surface area (TPSA) is 120 Å². The van der Waals surface area contributed by atoms with Crippen LogP contribution in [-0.4, -0.2) is 37.3 Å². The van der Waals surface area contributed by atoms with Gasteiger partial charge in [0, 0.05) is 29.8 Å². The number of aryl methyl sites for hydroxylation is 2. The van der Waals surface area contributed by atoms with E-state index in [1.807, 2.05) is 45.2 Å². The molecular weight excluding hydrogens is 438 g/mol. The summed E-state index contributed by atoms with van der Waals surface area (Å²) < 4.78 is 0. The van der Waals surface area contributed by atoms with Crippen LogP contribution in [-0.2, 0) is 5.60 Å². The van der Waals surface area contributed by atoms with Crippen LogP contribution in [0.1, 0.15) is 48.9 Å². The third kappa shape index (κ3) is 5.48. The minimum absolute atomic E-state index is 0.0385. The molecule has 1 aliphatic rings. The van der Waals surface area contributed by atoms with Crippen LogP contribution in [0, 0.1) is 19.8 Å². The highest BCUT2D eigenvalue weighted by Crippen LogP contribution is 2.42. The molecule has 1 fully saturated rings. The Kier molecular flexibility index (Phi) is 6.62. The van der Waals surface area contributed by atoms with Crippen molar-refractivity contribution < 1.29 is 15.0 Å². The fraction of sp³-hybridized carbons (Fsp3) is 0.417. The Labute approximate surface area is 197 Å². The SMILES string of the molecule is Cc1cc(Nc2nccc(C)n2)cc(-c2cnc(C(C)(O)C3CCC(NC(=O)O)CC3)s2)c1. The summed E-state index contributed by atoms with van der Waals surface area (Å²) in [5, 5.41) is 26.8. The molecule has 0 spiro atoms. The number of aliphatic hydroxyl groups is 1. The van der Waals surface area contributed by atoms with E-state index in [4.69, 9.17) is 5.11 Å². The van der Waals surface area contributed by atoms with Crippen LogP contribution in [0.2, 0.25) is 0 Å². The van der Waals surface area contributed by atoms with Crippen LogP contribution >= 0.6 is 11.3 Å². The molecule has 9 heteroatoms. The number of hydrogen-bond donors (Lipinski definition) is 4. The van der Waals surface area contributed by atoms with Crippen molar-refractivity contribution >= 4 is 29.1 Å². The second kappa shape index (κ2) is 9.44. The molecule has 4 N–H and O–H groups in total. The molecule has 3 aromatic rings. The number of carbonyl (C=O) groups is 1. The lowest BCUT2D eigenvalue weighted by Gasteiger charge is -2.36. The van der Waals surface area contributed by atoms with Gasteiger partial charge in [0.25, 0.3) is 0 Å². The van der Waals surface area contributed by atoms with E-state index in [2.05, 4.69) is 31.7 Å². The number of rotatable bonds is 6. The van der Waals surface area contributed by atoms with Gasteiger partial charge in [0.15, 0.2) is 0 Å². The molecular formula is C24H29N5O3S. The fourth-order valence-electron chi connectivity index (χ4n) is 4.43. The predicted octanol–water partition coefficient (Wildman–Crippen LogP) is 4.99. The van der Waals surface area contributed by atoms with Crippen LogP contribution in [0.25, 0.3) is 10.4 Å². The van der Waals surface area contributed by atoms with E-state index in [9.17, 15) is 9.90 Å². The van der Waals surface area contributed by atoms with Crippen molar-refractivity contribution in [2.75, 3.05) is 5.32 Å². The summed E-state index contributed by atoms with van der Waals surface area (Å²) in [4.78, 5) is 25.1. The lowest BCUT2D eigenvalue weighted by molar-refractivity contribution is -0.0245. The summed E-state index contributed by atoms with van der Waals surface area (Å²) in [5.74, 6) is 0.587. The number of carboxylic acid groups (broad SMARTS) is 1. The van der Waals surface area contributed by atoms with Crippen molar-refractivity contribution in [1.29, 1.82) is 0 Å². The Bertz CT molecular complexity index is 1140. The number of nitrogens with one attached hydrogen (secondary N) is 2. The first-order valence-corrected chi connectivity index (χ1v) is 11.9. The lowest BCUT2D eigenvalue weighted by atomic mass is 9.76. The highest BCUT2D eigenvalue weighted by molar-refractivity contribution is 7.15. The highest BCUT2D eigenvalue weighted by Gasteiger charge is 2.39. The highest BCUT2D eigenvalue weighted by atomic mass is 32.1. The van der Waals surface area contributed by atoms with E-state index in [1.54, 1.807) is 6.20 Å². The monoisotopic (exact) mass is 467 g/mol. The maximum Gasteiger partial charge on any atom is 0.404 e. The van der Waals surface area contributed by atoms with E-state index in [1.165, 1.54) is 11.3 Å². The Morgan fingerprint density at radius 3 is 2.61 bits per heavy atom. The van der Waals surface area contributed by atoms with Gasteiger partial charge in [-0.25, -0.2) is 19.7 Å². The van der Waals surface area contributed by atoms with E-state index in [0.29, 0.717) is 11.0 Å². The zero-order chi connectivity index (χ0) is 23.6. The van der Waals surface area contributed by atoms with Gasteiger partial charge in [-0.1, -0.05) is 6.07 Å². The van der Waals surface area contributed by atoms with E-state index in [0.717, 1.165) is 53.1 Å². The number of anilines is 2. The molecule has 33 heavy (non-hydrogen) atoms. The Morgan fingerprint density at radius 2 is 1.91 bits per heavy atom. The molecule has 1 saturated carbocycles. The van der Waals surface area contributed by atoms with Crippen LogP contribution in [0.3, 0.4) is 0 Å². The van der Waals surface area contributed by atoms with Crippen molar-refractivity contribution in [3.8, 4) is 10.4 Å². The zero-order valence-corrected chi connectivity index (χ0v) is 19.8. The first-order chi connectivity index (χ1) is 15.7. The van der Waals surface area contributed by atoms with Gasteiger partial charge in [0.1, 0.15) is 10.6 Å². The van der Waals surface area contributed by atoms with Crippen molar-refractivity contribution in [2.24, 2.45) is 5.92 Å². The van der Waals surface area contributed by atoms with E-state index in [-0.39, 0.29) is 12.0 Å². The predicted molar refractivity (Wildman–Crippen MR) is 129 cm³/mol. The Morgan fingerprint density at radius 1 is 1.15 bits per heavy atom. The second-order valence-corrected chi connectivity index (χ2v) is 9.94. The maximum atomic E-state index is 11.4. The molecule has 2 heterocycles. The largest absolute Gasteiger partial charge is 0.465 e. The summed E-state index contributed by atoms with van der Waals surface area (Å²) >= 11 is 1.49. The third-order valence-corrected chi connectivity index (χ3v) is 7.47. The van der Waals surface area contributed by atoms with Gasteiger partial charge in [0.2, 0.25) is 5.95 Å². The van der Waals surface area contributed by atoms with Crippen molar-refractivity contribution in [2.45, 2.75) is 58.1 Å². The van der Waals surface area contributed by atoms with Crippen molar-refractivity contribution in [1.82, 2.24) is 20.3 Å². The number of aromatic nitrogens is 3. The average Bonchev–Trinajstić information content (AvgIpc) is 3.25. The first kappa shape index (κ1) is 23.1. The second-order valence-electron chi connectivity index (χ2n) is 8.91. The smallest absolute Gasteiger partial charge is 0.404 e. The zero-order valence-electron chi connectivity index (χ0n) is 19.0. The van der Waals surface area contributed by atoms with Crippen LogP contribution in [0.15, 0.2) is 36.7 Å². The molecule has 8 nitrogen and oxygen atoms in total. The van der Waals surface area contributed by atoms with Gasteiger partial charge in [-0.15, -0.1) is 11.3 Å². The molecule has 174 valence electrons. The lowest BCUT2D eigenvalue weighted by Crippen LogP contribution is -2.41. The summed E-state index contributed by atoms with van der Waals surface area (Å²) in [7, 11) is 0. The summed E-state index contributed by atoms with van der Waals surface area (Å²) in [6.07, 6.45) is 5.50. The molecule has 4 rings (SSSR count). The molecule has 1 aliphatic carbocycles. The average molecular weight is 468 g/mol. The van der Waals surface area contributed by atoms with E-state index < -0.39 is 11.7 Å². The minimum Gasteiger partial charge on any atom is -0.465 e. The maximum absolute atomic E-state index is 11.4. The summed E-state index contributed by atoms with van der Waals surface area (Å²) in [6, 6.07) is 7.98. The van der Waals surface area contributed by atoms with Gasteiger partial charge in [-0.05, 0) is 81.7 Å². The quantitative estimate of drug-likeness (QED) is 0.403. The number of nitrogens with zero attached hydrogens (tertiary/aromatic N) is 3. The van der Waals surface area contributed by atoms with Gasteiger partial charge in [0.05, 0.1) is 4.88 Å². The first-order valence-electron chi connectivity index (χ1n) is 11.1. The minimum atomic E-state index is -1.06. The van der Waals surface area contributed by atoms with Crippen molar-refractivity contribution in [3.63, 3.8) is 0 Å². The number of hydrogen-bond acceptors (Lipinski definition) is 7. The third-order valence-electron chi connectivity index (χ3n) is 6.20. The molecule has 1 aromatic carbocycles. The molecule has 2 aromatic heterocycles. The molecule has 0 aliphatic heterocycles. The van der Waals surface area contributed by atoms with Crippen LogP contribution in [0.5, 0.6) is 0 Å². The molecule has 0 saturated heterocycles. The molecule has 0 radical (unpaired) electrons. The van der Waals surface area contributed by atoms with Gasteiger partial charge >= 0.3 is 6.09 Å². The number of amides is 1. The normalized spacial score (nSPS) is 20.1. The fourth-order valence-corrected chi connectivity index (χ4v) is 5.45. The number of benzene rings is 1. The van der Waals surface area contributed by atoms with E-state index >= 15 is 0 Å². The van der Waals surface area contributed by atoms with Gasteiger partial charge in [-0.2, -0.15) is 0 Å². The summed E-state index contributed by atoms with van der Waals surface area (Å²) in [5.41, 5.74) is 2.83. The Balaban J connectivity index is 1.51. The van der Waals surface area contributed by atoms with Crippen molar-refractivity contribution in [3.05, 3.63) is 52.9 Å². The van der Waals surface area contributed by atoms with Crippen LogP contribution in [0.4, 0.5) is 16.4 Å². The standard InChI is InChI=1S/C24H29N5O3S/c1-14-10-16(12-19(11-14)28-22-25-9-8-15(2)27-22)20-13-26-21(33-20)24(3,32)17-4-6-18(7-5-17)29-23(30)31/h8-13,17-18,29,32H,4-7H2,1-3H3,(H,30,31)(H,25,27,28). The molecule has 0 bridgehead atoms.